The number of hydrogen-bond acceptors (Lipinski definition) is 3. The second-order valence-electron chi connectivity index (χ2n) is 8.37. The van der Waals surface area contributed by atoms with Crippen LogP contribution in [0.4, 0.5) is 0 Å². The maximum absolute atomic E-state index is 13.6. The van der Waals surface area contributed by atoms with Crippen molar-refractivity contribution in [2.24, 2.45) is 5.92 Å². The molecule has 0 saturated carbocycles. The molecule has 33 heavy (non-hydrogen) atoms. The van der Waals surface area contributed by atoms with Crippen LogP contribution >= 0.6 is 0 Å². The SMILES string of the molecule is CCOc1ccc(/C=C(\C(=O)N2CCC(Cc3ccccc3)CC2)n2ccccc2=O)cc1. The molecule has 1 saturated heterocycles. The number of ether oxygens (including phenoxy) is 1. The number of rotatable bonds is 7. The minimum atomic E-state index is -0.220. The summed E-state index contributed by atoms with van der Waals surface area (Å²) in [7, 11) is 0. The molecule has 0 N–H and O–H groups in total. The summed E-state index contributed by atoms with van der Waals surface area (Å²) in [4.78, 5) is 28.0. The van der Waals surface area contributed by atoms with Gasteiger partial charge in [-0.05, 0) is 67.5 Å². The number of carbonyl (C=O) groups excluding carboxylic acids is 1. The summed E-state index contributed by atoms with van der Waals surface area (Å²) in [6.45, 7) is 3.92. The van der Waals surface area contributed by atoms with E-state index in [0.29, 0.717) is 31.3 Å². The normalized spacial score (nSPS) is 14.8. The quantitative estimate of drug-likeness (QED) is 0.497. The summed E-state index contributed by atoms with van der Waals surface area (Å²) < 4.78 is 6.95. The largest absolute Gasteiger partial charge is 0.494 e. The Morgan fingerprint density at radius 3 is 2.33 bits per heavy atom. The van der Waals surface area contributed by atoms with E-state index in [2.05, 4.69) is 24.3 Å². The van der Waals surface area contributed by atoms with Crippen molar-refractivity contribution in [3.05, 3.63) is 100 Å². The van der Waals surface area contributed by atoms with Gasteiger partial charge in [0.2, 0.25) is 0 Å². The van der Waals surface area contributed by atoms with E-state index >= 15 is 0 Å². The summed E-state index contributed by atoms with van der Waals surface area (Å²) >= 11 is 0. The summed E-state index contributed by atoms with van der Waals surface area (Å²) in [5.41, 5.74) is 2.33. The molecule has 170 valence electrons. The van der Waals surface area contributed by atoms with Crippen molar-refractivity contribution in [1.29, 1.82) is 0 Å². The molecular formula is C28H30N2O3. The zero-order valence-electron chi connectivity index (χ0n) is 19.0. The summed E-state index contributed by atoms with van der Waals surface area (Å²) in [5, 5.41) is 0. The Morgan fingerprint density at radius 1 is 0.970 bits per heavy atom. The number of hydrogen-bond donors (Lipinski definition) is 0. The van der Waals surface area contributed by atoms with Gasteiger partial charge < -0.3 is 9.64 Å². The zero-order valence-corrected chi connectivity index (χ0v) is 19.0. The predicted molar refractivity (Wildman–Crippen MR) is 132 cm³/mol. The molecule has 1 aromatic heterocycles. The number of piperidine rings is 1. The monoisotopic (exact) mass is 442 g/mol. The van der Waals surface area contributed by atoms with Crippen LogP contribution in [0.25, 0.3) is 11.8 Å². The van der Waals surface area contributed by atoms with E-state index in [-0.39, 0.29) is 11.5 Å². The molecule has 1 aliphatic rings. The molecule has 1 aliphatic heterocycles. The Balaban J connectivity index is 1.53. The van der Waals surface area contributed by atoms with Gasteiger partial charge in [0, 0.05) is 25.4 Å². The van der Waals surface area contributed by atoms with Crippen molar-refractivity contribution in [3.63, 3.8) is 0 Å². The highest BCUT2D eigenvalue weighted by Gasteiger charge is 2.26. The van der Waals surface area contributed by atoms with Crippen molar-refractivity contribution < 1.29 is 9.53 Å². The van der Waals surface area contributed by atoms with Crippen molar-refractivity contribution in [2.45, 2.75) is 26.2 Å². The van der Waals surface area contributed by atoms with Gasteiger partial charge in [0.25, 0.3) is 11.5 Å². The molecule has 0 radical (unpaired) electrons. The maximum atomic E-state index is 13.6. The van der Waals surface area contributed by atoms with Gasteiger partial charge in [-0.15, -0.1) is 0 Å². The van der Waals surface area contributed by atoms with Crippen LogP contribution in [0.3, 0.4) is 0 Å². The molecule has 5 heteroatoms. The average Bonchev–Trinajstić information content (AvgIpc) is 2.85. The van der Waals surface area contributed by atoms with Crippen LogP contribution in [0.2, 0.25) is 0 Å². The van der Waals surface area contributed by atoms with Gasteiger partial charge in [0.1, 0.15) is 11.4 Å². The molecule has 0 bridgehead atoms. The minimum Gasteiger partial charge on any atom is -0.494 e. The zero-order chi connectivity index (χ0) is 23.0. The van der Waals surface area contributed by atoms with Crippen molar-refractivity contribution in [1.82, 2.24) is 9.47 Å². The molecule has 4 rings (SSSR count). The molecule has 5 nitrogen and oxygen atoms in total. The van der Waals surface area contributed by atoms with Crippen LogP contribution in [0.15, 0.2) is 83.8 Å². The van der Waals surface area contributed by atoms with Crippen LogP contribution in [-0.2, 0) is 11.2 Å². The highest BCUT2D eigenvalue weighted by atomic mass is 16.5. The fourth-order valence-electron chi connectivity index (χ4n) is 4.30. The van der Waals surface area contributed by atoms with E-state index in [0.717, 1.165) is 30.6 Å². The molecule has 0 unspecified atom stereocenters. The van der Waals surface area contributed by atoms with E-state index in [4.69, 9.17) is 4.74 Å². The van der Waals surface area contributed by atoms with Gasteiger partial charge in [-0.25, -0.2) is 0 Å². The van der Waals surface area contributed by atoms with Crippen molar-refractivity contribution in [2.75, 3.05) is 19.7 Å². The lowest BCUT2D eigenvalue weighted by molar-refractivity contribution is -0.126. The minimum absolute atomic E-state index is 0.115. The number of aromatic nitrogens is 1. The fourth-order valence-corrected chi connectivity index (χ4v) is 4.30. The molecule has 1 fully saturated rings. The highest BCUT2D eigenvalue weighted by Crippen LogP contribution is 2.24. The Hall–Kier alpha value is -3.60. The van der Waals surface area contributed by atoms with Crippen LogP contribution in [0.5, 0.6) is 5.75 Å². The number of carbonyl (C=O) groups is 1. The van der Waals surface area contributed by atoms with Gasteiger partial charge >= 0.3 is 0 Å². The molecule has 0 atom stereocenters. The summed E-state index contributed by atoms with van der Waals surface area (Å²) in [6, 6.07) is 23.0. The highest BCUT2D eigenvalue weighted by molar-refractivity contribution is 6.18. The first kappa shape index (κ1) is 22.6. The molecule has 3 aromatic rings. The van der Waals surface area contributed by atoms with E-state index in [9.17, 15) is 9.59 Å². The molecular weight excluding hydrogens is 412 g/mol. The van der Waals surface area contributed by atoms with E-state index in [1.807, 2.05) is 42.2 Å². The van der Waals surface area contributed by atoms with Crippen LogP contribution in [0.1, 0.15) is 30.9 Å². The third kappa shape index (κ3) is 5.80. The lowest BCUT2D eigenvalue weighted by Crippen LogP contribution is -2.41. The van der Waals surface area contributed by atoms with Gasteiger partial charge in [0.15, 0.2) is 0 Å². The number of pyridine rings is 1. The number of nitrogens with zero attached hydrogens (tertiary/aromatic N) is 2. The molecule has 0 spiro atoms. The Bertz CT molecular complexity index is 1140. The first-order chi connectivity index (χ1) is 16.1. The second-order valence-corrected chi connectivity index (χ2v) is 8.37. The maximum Gasteiger partial charge on any atom is 0.270 e. The standard InChI is InChI=1S/C28H30N2O3/c1-2-33-25-13-11-23(12-14-25)21-26(30-17-7-6-10-27(30)31)28(32)29-18-15-24(16-19-29)20-22-8-4-3-5-9-22/h3-14,17,21,24H,2,15-16,18-20H2,1H3/b26-21+. The predicted octanol–water partition coefficient (Wildman–Crippen LogP) is 4.73. The van der Waals surface area contributed by atoms with Gasteiger partial charge in [0.05, 0.1) is 6.61 Å². The number of likely N-dealkylation sites (tertiary alicyclic amines) is 1. The lowest BCUT2D eigenvalue weighted by atomic mass is 9.90. The second kappa shape index (κ2) is 10.8. The Morgan fingerprint density at radius 2 is 1.67 bits per heavy atom. The molecule has 0 aliphatic carbocycles. The Kier molecular flexibility index (Phi) is 7.40. The first-order valence-corrected chi connectivity index (χ1v) is 11.6. The summed E-state index contributed by atoms with van der Waals surface area (Å²) in [5.74, 6) is 1.23. The average molecular weight is 443 g/mol. The molecule has 2 heterocycles. The number of amides is 1. The van der Waals surface area contributed by atoms with Gasteiger partial charge in [-0.2, -0.15) is 0 Å². The van der Waals surface area contributed by atoms with Gasteiger partial charge in [-0.3, -0.25) is 14.2 Å². The van der Waals surface area contributed by atoms with Crippen LogP contribution in [0, 0.1) is 5.92 Å². The smallest absolute Gasteiger partial charge is 0.270 e. The summed E-state index contributed by atoms with van der Waals surface area (Å²) in [6.07, 6.45) is 6.40. The van der Waals surface area contributed by atoms with Gasteiger partial charge in [-0.1, -0.05) is 48.5 Å². The Labute approximate surface area is 194 Å². The number of benzene rings is 2. The van der Waals surface area contributed by atoms with Crippen LogP contribution < -0.4 is 10.3 Å². The van der Waals surface area contributed by atoms with E-state index in [1.54, 1.807) is 24.4 Å². The topological polar surface area (TPSA) is 51.5 Å². The third-order valence-electron chi connectivity index (χ3n) is 6.06. The van der Waals surface area contributed by atoms with E-state index < -0.39 is 0 Å². The lowest BCUT2D eigenvalue weighted by Gasteiger charge is -2.33. The molecule has 1 amide bonds. The van der Waals surface area contributed by atoms with E-state index in [1.165, 1.54) is 16.2 Å². The van der Waals surface area contributed by atoms with Crippen LogP contribution in [-0.4, -0.2) is 35.1 Å². The molecule has 2 aromatic carbocycles. The first-order valence-electron chi connectivity index (χ1n) is 11.6. The van der Waals surface area contributed by atoms with Crippen molar-refractivity contribution in [3.8, 4) is 5.75 Å². The third-order valence-corrected chi connectivity index (χ3v) is 6.06. The fraction of sp³-hybridized carbons (Fsp3) is 0.286. The van der Waals surface area contributed by atoms with Crippen molar-refractivity contribution >= 4 is 17.7 Å².